The minimum absolute atomic E-state index is 0. The van der Waals surface area contributed by atoms with E-state index >= 15 is 0 Å². The highest BCUT2D eigenvalue weighted by atomic mass is 35.5. The highest BCUT2D eigenvalue weighted by Gasteiger charge is 2.08. The molecule has 2 N–H and O–H groups in total. The molecule has 0 rings (SSSR count). The highest BCUT2D eigenvalue weighted by molar-refractivity contribution is 5.85. The van der Waals surface area contributed by atoms with Crippen molar-refractivity contribution in [1.29, 1.82) is 0 Å². The molecule has 0 atom stereocenters. The van der Waals surface area contributed by atoms with E-state index in [-0.39, 0.29) is 31.4 Å². The quantitative estimate of drug-likeness (QED) is 0.668. The predicted octanol–water partition coefficient (Wildman–Crippen LogP) is 0.731. The fourth-order valence-electron chi connectivity index (χ4n) is 1.16. The van der Waals surface area contributed by atoms with E-state index in [1.54, 1.807) is 0 Å². The van der Waals surface area contributed by atoms with Gasteiger partial charge in [0.15, 0.2) is 0 Å². The van der Waals surface area contributed by atoms with Gasteiger partial charge >= 0.3 is 5.97 Å². The number of rotatable bonds is 8. The van der Waals surface area contributed by atoms with Gasteiger partial charge in [-0.15, -0.1) is 12.4 Å². The number of amides is 1. The zero-order valence-corrected chi connectivity index (χ0v) is 10.7. The summed E-state index contributed by atoms with van der Waals surface area (Å²) < 4.78 is 0. The lowest BCUT2D eigenvalue weighted by Gasteiger charge is -2.18. The minimum atomic E-state index is -1.01. The molecule has 0 saturated heterocycles. The van der Waals surface area contributed by atoms with Crippen LogP contribution in [-0.2, 0) is 9.59 Å². The van der Waals surface area contributed by atoms with Crippen LogP contribution in [0.2, 0.25) is 0 Å². The van der Waals surface area contributed by atoms with Crippen LogP contribution in [0.15, 0.2) is 0 Å². The summed E-state index contributed by atoms with van der Waals surface area (Å²) in [6.45, 7) is 5.75. The molecule has 0 spiro atoms. The summed E-state index contributed by atoms with van der Waals surface area (Å²) >= 11 is 0. The van der Waals surface area contributed by atoms with Crippen molar-refractivity contribution in [3.05, 3.63) is 0 Å². The van der Waals surface area contributed by atoms with E-state index < -0.39 is 5.97 Å². The molecule has 0 fully saturated rings. The second-order valence-corrected chi connectivity index (χ2v) is 3.39. The van der Waals surface area contributed by atoms with Gasteiger partial charge in [0, 0.05) is 0 Å². The molecular weight excluding hydrogens is 232 g/mol. The number of carbonyl (C=O) groups is 2. The van der Waals surface area contributed by atoms with E-state index in [0.29, 0.717) is 0 Å². The lowest BCUT2D eigenvalue weighted by Crippen LogP contribution is -2.39. The third kappa shape index (κ3) is 9.73. The molecule has 0 aromatic carbocycles. The van der Waals surface area contributed by atoms with Gasteiger partial charge < -0.3 is 10.4 Å². The fraction of sp³-hybridized carbons (Fsp3) is 0.800. The number of halogens is 1. The molecule has 0 aliphatic rings. The van der Waals surface area contributed by atoms with Gasteiger partial charge in [0.25, 0.3) is 0 Å². The number of hydrogen-bond donors (Lipinski definition) is 2. The van der Waals surface area contributed by atoms with Crippen LogP contribution in [0.4, 0.5) is 0 Å². The number of aliphatic carboxylic acids is 1. The summed E-state index contributed by atoms with van der Waals surface area (Å²) in [7, 11) is 0. The van der Waals surface area contributed by atoms with E-state index in [0.717, 1.165) is 25.9 Å². The van der Waals surface area contributed by atoms with Crippen molar-refractivity contribution in [3.63, 3.8) is 0 Å². The van der Waals surface area contributed by atoms with Gasteiger partial charge in [0.1, 0.15) is 6.54 Å². The topological polar surface area (TPSA) is 69.6 Å². The second kappa shape index (κ2) is 10.7. The van der Waals surface area contributed by atoms with Crippen molar-refractivity contribution in [3.8, 4) is 0 Å². The predicted molar refractivity (Wildman–Crippen MR) is 64.9 cm³/mol. The normalized spacial score (nSPS) is 9.69. The zero-order valence-electron chi connectivity index (χ0n) is 9.86. The van der Waals surface area contributed by atoms with Crippen molar-refractivity contribution in [2.45, 2.75) is 26.7 Å². The second-order valence-electron chi connectivity index (χ2n) is 3.39. The molecule has 0 aliphatic heterocycles. The number of unbranched alkanes of at least 4 members (excludes halogenated alkanes) is 1. The van der Waals surface area contributed by atoms with E-state index in [1.807, 2.05) is 11.8 Å². The molecule has 0 aromatic rings. The maximum Gasteiger partial charge on any atom is 0.322 e. The van der Waals surface area contributed by atoms with E-state index in [2.05, 4.69) is 12.2 Å². The van der Waals surface area contributed by atoms with Gasteiger partial charge in [-0.25, -0.2) is 0 Å². The first kappa shape index (κ1) is 17.6. The Morgan fingerprint density at radius 2 is 1.94 bits per heavy atom. The summed E-state index contributed by atoms with van der Waals surface area (Å²) in [5.74, 6) is -1.24. The molecule has 0 unspecified atom stereocenters. The molecule has 16 heavy (non-hydrogen) atoms. The molecule has 5 nitrogen and oxygen atoms in total. The van der Waals surface area contributed by atoms with Crippen molar-refractivity contribution >= 4 is 24.3 Å². The Morgan fingerprint density at radius 3 is 2.38 bits per heavy atom. The summed E-state index contributed by atoms with van der Waals surface area (Å²) in [5.41, 5.74) is 0. The molecule has 0 radical (unpaired) electrons. The Hall–Kier alpha value is -0.810. The molecule has 0 saturated carbocycles. The van der Waals surface area contributed by atoms with Crippen molar-refractivity contribution in [1.82, 2.24) is 10.2 Å². The molecule has 6 heteroatoms. The molecular formula is C10H21ClN2O3. The fourth-order valence-corrected chi connectivity index (χ4v) is 1.16. The average molecular weight is 253 g/mol. The van der Waals surface area contributed by atoms with Crippen LogP contribution in [-0.4, -0.2) is 48.1 Å². The van der Waals surface area contributed by atoms with E-state index in [1.165, 1.54) is 0 Å². The van der Waals surface area contributed by atoms with Crippen LogP contribution in [0.5, 0.6) is 0 Å². The first-order valence-corrected chi connectivity index (χ1v) is 5.31. The SMILES string of the molecule is CCCCN(CC)CC(=O)NCC(=O)O.Cl. The average Bonchev–Trinajstić information content (AvgIpc) is 2.21. The first-order chi connectivity index (χ1) is 7.10. The van der Waals surface area contributed by atoms with Gasteiger partial charge in [-0.05, 0) is 19.5 Å². The van der Waals surface area contributed by atoms with Gasteiger partial charge in [0.2, 0.25) is 5.91 Å². The Balaban J connectivity index is 0. The lowest BCUT2D eigenvalue weighted by atomic mass is 10.3. The summed E-state index contributed by atoms with van der Waals surface area (Å²) in [5, 5.41) is 10.7. The Bertz CT molecular complexity index is 212. The molecule has 0 bridgehead atoms. The van der Waals surface area contributed by atoms with Crippen molar-refractivity contribution in [2.75, 3.05) is 26.2 Å². The number of nitrogens with zero attached hydrogens (tertiary/aromatic N) is 1. The van der Waals surface area contributed by atoms with Gasteiger partial charge in [-0.2, -0.15) is 0 Å². The van der Waals surface area contributed by atoms with Gasteiger partial charge in [-0.1, -0.05) is 20.3 Å². The molecule has 0 aliphatic carbocycles. The molecule has 96 valence electrons. The number of nitrogens with one attached hydrogen (secondary N) is 1. The third-order valence-corrected chi connectivity index (χ3v) is 2.08. The smallest absolute Gasteiger partial charge is 0.322 e. The number of hydrogen-bond acceptors (Lipinski definition) is 3. The van der Waals surface area contributed by atoms with Crippen LogP contribution < -0.4 is 5.32 Å². The van der Waals surface area contributed by atoms with Crippen LogP contribution in [0, 0.1) is 0 Å². The first-order valence-electron chi connectivity index (χ1n) is 5.31. The van der Waals surface area contributed by atoms with Gasteiger partial charge in [0.05, 0.1) is 6.54 Å². The number of carboxylic acid groups (broad SMARTS) is 1. The van der Waals surface area contributed by atoms with Crippen molar-refractivity contribution < 1.29 is 14.7 Å². The molecule has 0 aromatic heterocycles. The number of carbonyl (C=O) groups excluding carboxylic acids is 1. The Labute approximate surface area is 103 Å². The van der Waals surface area contributed by atoms with E-state index in [4.69, 9.17) is 5.11 Å². The van der Waals surface area contributed by atoms with E-state index in [9.17, 15) is 9.59 Å². The maximum absolute atomic E-state index is 11.3. The summed E-state index contributed by atoms with van der Waals surface area (Å²) in [6.07, 6.45) is 2.15. The minimum Gasteiger partial charge on any atom is -0.480 e. The van der Waals surface area contributed by atoms with Crippen LogP contribution in [0.1, 0.15) is 26.7 Å². The summed E-state index contributed by atoms with van der Waals surface area (Å²) in [6, 6.07) is 0. The standard InChI is InChI=1S/C10H20N2O3.ClH/c1-3-5-6-12(4-2)8-9(13)11-7-10(14)15;/h3-8H2,1-2H3,(H,11,13)(H,14,15);1H. The highest BCUT2D eigenvalue weighted by Crippen LogP contribution is 1.93. The van der Waals surface area contributed by atoms with Gasteiger partial charge in [-0.3, -0.25) is 14.5 Å². The Morgan fingerprint density at radius 1 is 1.31 bits per heavy atom. The molecule has 1 amide bonds. The van der Waals surface area contributed by atoms with Crippen LogP contribution >= 0.6 is 12.4 Å². The van der Waals surface area contributed by atoms with Crippen LogP contribution in [0.3, 0.4) is 0 Å². The third-order valence-electron chi connectivity index (χ3n) is 2.08. The largest absolute Gasteiger partial charge is 0.480 e. The zero-order chi connectivity index (χ0) is 11.7. The monoisotopic (exact) mass is 252 g/mol. The number of carboxylic acids is 1. The molecule has 0 heterocycles. The lowest BCUT2D eigenvalue weighted by molar-refractivity contribution is -0.138. The summed E-state index contributed by atoms with van der Waals surface area (Å²) in [4.78, 5) is 23.5. The maximum atomic E-state index is 11.3. The Kier molecular flexibility index (Phi) is 11.8. The van der Waals surface area contributed by atoms with Crippen LogP contribution in [0.25, 0.3) is 0 Å². The number of likely N-dealkylation sites (N-methyl/N-ethyl adjacent to an activating group) is 1. The van der Waals surface area contributed by atoms with Crippen molar-refractivity contribution in [2.24, 2.45) is 0 Å².